The maximum atomic E-state index is 14.8. The van der Waals surface area contributed by atoms with E-state index in [1.807, 2.05) is 169 Å². The van der Waals surface area contributed by atoms with E-state index in [1.165, 1.54) is 69.1 Å². The second-order valence-electron chi connectivity index (χ2n) is 34.8. The van der Waals surface area contributed by atoms with Crippen LogP contribution in [0.2, 0.25) is 0 Å². The maximum Gasteiger partial charge on any atom is 0.336 e. The molecular weight excluding hydrogens is 1670 g/mol. The van der Waals surface area contributed by atoms with E-state index >= 15 is 0 Å². The Bertz CT molecular complexity index is 7840. The SMILES string of the molecule is CN(C)c1ccc2c(-c3ccc(C(=O)N(CCCCCc4c5ccccc5cc5ccccc45)CCCNc4c5ccccc5nc5ccccc45)cc3C(=O)[O-])c3ccc(=[N+](C)C)cc-3oc2c1.O=C(O)c1cc(C(=O)N(CCCCCc2c3ccccc3nc3ccccc23)CCCNc2c3ccccc3nc3ccccc23)ccc1-c1c2ccc(=O)cc-2oc2cc(O)ccc12. The number of hydrogen-bond donors (Lipinski definition) is 4. The van der Waals surface area contributed by atoms with E-state index < -0.39 is 11.9 Å². The van der Waals surface area contributed by atoms with Crippen molar-refractivity contribution < 1.29 is 43.3 Å². The summed E-state index contributed by atoms with van der Waals surface area (Å²) in [4.78, 5) is 88.7. The van der Waals surface area contributed by atoms with Gasteiger partial charge in [0.25, 0.3) is 11.8 Å². The van der Waals surface area contributed by atoms with Crippen LogP contribution in [0.3, 0.4) is 0 Å². The minimum Gasteiger partial charge on any atom is -0.545 e. The van der Waals surface area contributed by atoms with Gasteiger partial charge in [0.1, 0.15) is 42.5 Å². The molecule has 0 saturated heterocycles. The number of nitrogens with zero attached hydrogens (tertiary/aromatic N) is 7. The number of pyridine rings is 3. The normalized spacial score (nSPS) is 11.6. The van der Waals surface area contributed by atoms with Crippen LogP contribution in [0.25, 0.3) is 154 Å². The second-order valence-corrected chi connectivity index (χ2v) is 34.8. The van der Waals surface area contributed by atoms with Crippen LogP contribution in [0, 0.1) is 0 Å². The highest BCUT2D eigenvalue weighted by molar-refractivity contribution is 6.13. The number of benzene rings is 15. The molecule has 2 amide bonds. The Morgan fingerprint density at radius 2 is 0.776 bits per heavy atom. The van der Waals surface area contributed by atoms with Gasteiger partial charge in [-0.2, -0.15) is 0 Å². The Morgan fingerprint density at radius 3 is 1.25 bits per heavy atom. The molecule has 0 atom stereocenters. The van der Waals surface area contributed by atoms with Crippen molar-refractivity contribution in [2.45, 2.75) is 64.2 Å². The Kier molecular flexibility index (Phi) is 25.0. The van der Waals surface area contributed by atoms with E-state index in [9.17, 15) is 39.3 Å². The molecule has 4 aliphatic rings. The van der Waals surface area contributed by atoms with Gasteiger partial charge < -0.3 is 54.3 Å². The fourth-order valence-electron chi connectivity index (χ4n) is 19.2. The molecule has 0 bridgehead atoms. The summed E-state index contributed by atoms with van der Waals surface area (Å²) in [6, 6.07) is 99.0. The molecule has 19 heteroatoms. The third-order valence-electron chi connectivity index (χ3n) is 25.8. The summed E-state index contributed by atoms with van der Waals surface area (Å²) < 4.78 is 14.6. The molecule has 2 aliphatic carbocycles. The maximum absolute atomic E-state index is 14.8. The molecule has 0 saturated carbocycles. The molecular formula is C115H99N9O10. The number of aromatic hydroxyl groups is 1. The number of anilines is 3. The summed E-state index contributed by atoms with van der Waals surface area (Å²) >= 11 is 0. The van der Waals surface area contributed by atoms with Gasteiger partial charge in [0.05, 0.1) is 62.1 Å². The highest BCUT2D eigenvalue weighted by atomic mass is 16.4. The van der Waals surface area contributed by atoms with Gasteiger partial charge in [0.2, 0.25) is 5.36 Å². The Labute approximate surface area is 773 Å². The van der Waals surface area contributed by atoms with Crippen LogP contribution in [0.4, 0.5) is 17.1 Å². The van der Waals surface area contributed by atoms with Crippen molar-refractivity contribution in [1.82, 2.24) is 29.3 Å². The van der Waals surface area contributed by atoms with Gasteiger partial charge in [-0.1, -0.05) is 183 Å². The van der Waals surface area contributed by atoms with E-state index in [0.717, 1.165) is 150 Å². The molecule has 4 N–H and O–H groups in total. The van der Waals surface area contributed by atoms with Gasteiger partial charge in [-0.05, 0) is 204 Å². The zero-order valence-corrected chi connectivity index (χ0v) is 75.0. The van der Waals surface area contributed by atoms with E-state index in [0.29, 0.717) is 102 Å². The first kappa shape index (κ1) is 87.2. The van der Waals surface area contributed by atoms with Crippen molar-refractivity contribution in [2.24, 2.45) is 0 Å². The number of carboxylic acids is 2. The average molecular weight is 1770 g/mol. The fourth-order valence-corrected chi connectivity index (χ4v) is 19.2. The number of carboxylic acid groups (broad SMARTS) is 2. The lowest BCUT2D eigenvalue weighted by Gasteiger charge is -2.25. The third kappa shape index (κ3) is 17.9. The van der Waals surface area contributed by atoms with Crippen LogP contribution in [0.5, 0.6) is 5.75 Å². The molecule has 13 aromatic carbocycles. The number of para-hydroxylation sites is 6. The van der Waals surface area contributed by atoms with Crippen molar-refractivity contribution in [3.05, 3.63) is 358 Å². The third-order valence-corrected chi connectivity index (χ3v) is 25.8. The lowest BCUT2D eigenvalue weighted by atomic mass is 9.89. The minimum absolute atomic E-state index is 0.0404. The van der Waals surface area contributed by atoms with Gasteiger partial charge in [-0.15, -0.1) is 0 Å². The summed E-state index contributed by atoms with van der Waals surface area (Å²) in [6.45, 7) is 3.12. The predicted molar refractivity (Wildman–Crippen MR) is 540 cm³/mol. The highest BCUT2D eigenvalue weighted by Crippen LogP contribution is 2.46. The Morgan fingerprint density at radius 1 is 0.381 bits per heavy atom. The molecule has 0 fully saturated rings. The summed E-state index contributed by atoms with van der Waals surface area (Å²) in [6.07, 6.45) is 8.31. The van der Waals surface area contributed by atoms with Crippen LogP contribution in [0.15, 0.2) is 323 Å². The fraction of sp³-hybridized carbons (Fsp3) is 0.174. The minimum atomic E-state index is -1.36. The van der Waals surface area contributed by atoms with Crippen molar-refractivity contribution in [1.29, 1.82) is 0 Å². The number of aromatic nitrogens is 3. The topological polar surface area (TPSA) is 251 Å². The Hall–Kier alpha value is -16.2. The number of amides is 2. The number of hydrogen-bond acceptors (Lipinski definition) is 15. The van der Waals surface area contributed by atoms with Gasteiger partial charge >= 0.3 is 5.97 Å². The largest absolute Gasteiger partial charge is 0.545 e. The summed E-state index contributed by atoms with van der Waals surface area (Å²) in [5.41, 5.74) is 15.6. The molecule has 5 heterocycles. The number of aromatic carboxylic acids is 2. The highest BCUT2D eigenvalue weighted by Gasteiger charge is 2.29. The van der Waals surface area contributed by atoms with Gasteiger partial charge in [-0.25, -0.2) is 24.3 Å². The number of rotatable bonds is 29. The number of phenolic OH excluding ortho intramolecular Hbond substituents is 1. The van der Waals surface area contributed by atoms with Crippen LogP contribution < -0.4 is 36.0 Å². The number of carbonyl (C=O) groups excluding carboxylic acids is 3. The first-order valence-electron chi connectivity index (χ1n) is 45.8. The van der Waals surface area contributed by atoms with E-state index in [1.54, 1.807) is 36.4 Å². The summed E-state index contributed by atoms with van der Waals surface area (Å²) in [5.74, 6) is -2.21. The smallest absolute Gasteiger partial charge is 0.336 e. The molecule has 134 heavy (non-hydrogen) atoms. The van der Waals surface area contributed by atoms with Crippen LogP contribution in [0.1, 0.15) is 104 Å². The number of aryl methyl sites for hydroxylation is 2. The van der Waals surface area contributed by atoms with Crippen LogP contribution >= 0.6 is 0 Å². The standard InChI is InChI=1S/C60H55N5O4.C55H44N4O6/c1-63(2)42-27-30-50-55(37-42)69-56-38-43(64(3)4)28-31-51(56)57(50)47-29-26-41(36-52(47)60(67)68)59(66)65(34-16-32-61-58-48-22-11-13-24-53(48)62-54-25-14-12-23-49(54)58)33-15-5-6-21-46-44-19-9-7-17-39(44)35-40-18-8-10-20-45(40)46;60-35-23-26-43-50(32-35)65-51-33-36(61)24-27-44(51)52(43)40-25-22-34(31-45(40)55(63)64)54(62)59(30-12-28-56-53-41-16-5-9-20-48(41)58-49-21-10-6-17-42(49)53)29-11-1-2-13-37-38-14-3-7-18-46(38)57-47-19-8-4-15-39(37)47/h7-14,17-20,22-31,35-38H,5-6,15-16,21,32-34H2,1-4H3,(H-,61,62,67,68);3-10,14-27,31-33,60H,1-2,11-13,28-30H2,(H,56,58)(H,63,64). The van der Waals surface area contributed by atoms with Crippen molar-refractivity contribution >= 4 is 150 Å². The summed E-state index contributed by atoms with van der Waals surface area (Å²) in [7, 11) is 7.87. The number of fused-ring (bicyclic) bond motifs is 12. The number of unbranched alkanes of at least 4 members (excludes halogenated alkanes) is 4. The molecule has 0 spiro atoms. The number of carbonyl (C=O) groups is 4. The zero-order valence-electron chi connectivity index (χ0n) is 75.0. The molecule has 19 nitrogen and oxygen atoms in total. The monoisotopic (exact) mass is 1770 g/mol. The van der Waals surface area contributed by atoms with Crippen LogP contribution in [-0.2, 0) is 12.8 Å². The lowest BCUT2D eigenvalue weighted by molar-refractivity contribution is -0.255. The van der Waals surface area contributed by atoms with E-state index in [2.05, 4.69) is 126 Å². The predicted octanol–water partition coefficient (Wildman–Crippen LogP) is 22.8. The average Bonchev–Trinajstić information content (AvgIpc) is 0.749. The number of phenols is 1. The molecule has 20 rings (SSSR count). The van der Waals surface area contributed by atoms with Gasteiger partial charge in [-0.3, -0.25) is 14.4 Å². The number of nitrogens with one attached hydrogen (secondary N) is 2. The molecule has 2 aliphatic heterocycles. The first-order chi connectivity index (χ1) is 65.4. The molecule has 0 radical (unpaired) electrons. The van der Waals surface area contributed by atoms with Crippen molar-refractivity contribution in [3.63, 3.8) is 0 Å². The lowest BCUT2D eigenvalue weighted by Crippen LogP contribution is -2.34. The Balaban J connectivity index is 0.000000173. The van der Waals surface area contributed by atoms with E-state index in [4.69, 9.17) is 23.8 Å². The van der Waals surface area contributed by atoms with Gasteiger partial charge in [0.15, 0.2) is 5.43 Å². The van der Waals surface area contributed by atoms with Gasteiger partial charge in [0, 0.05) is 165 Å². The quantitative estimate of drug-likeness (QED) is 0.0193. The molecule has 0 unspecified atom stereocenters. The second kappa shape index (κ2) is 38.5. The summed E-state index contributed by atoms with van der Waals surface area (Å²) in [5, 5.41) is 55.4. The van der Waals surface area contributed by atoms with Crippen LogP contribution in [-0.4, -0.2) is 126 Å². The molecule has 3 aromatic heterocycles. The molecule has 16 aromatic rings. The van der Waals surface area contributed by atoms with Crippen molar-refractivity contribution in [2.75, 3.05) is 83.0 Å². The van der Waals surface area contributed by atoms with Crippen molar-refractivity contribution in [3.8, 4) is 50.7 Å². The van der Waals surface area contributed by atoms with E-state index in [-0.39, 0.29) is 51.0 Å². The first-order valence-corrected chi connectivity index (χ1v) is 45.8. The zero-order chi connectivity index (χ0) is 92.0. The molecule has 664 valence electrons.